The van der Waals surface area contributed by atoms with Crippen molar-refractivity contribution in [3.8, 4) is 0 Å². The molecule has 0 heterocycles. The summed E-state index contributed by atoms with van der Waals surface area (Å²) in [5.41, 5.74) is 6.18. The summed E-state index contributed by atoms with van der Waals surface area (Å²) in [6, 6.07) is 3.29. The van der Waals surface area contributed by atoms with E-state index in [0.717, 1.165) is 18.9 Å². The van der Waals surface area contributed by atoms with Crippen LogP contribution in [0.2, 0.25) is 0 Å². The highest BCUT2D eigenvalue weighted by atomic mass is 19.1. The van der Waals surface area contributed by atoms with Gasteiger partial charge in [0.1, 0.15) is 5.82 Å². The first-order valence-corrected chi connectivity index (χ1v) is 5.34. The summed E-state index contributed by atoms with van der Waals surface area (Å²) in [7, 11) is 0. The summed E-state index contributed by atoms with van der Waals surface area (Å²) in [6.45, 7) is 2.02. The third-order valence-electron chi connectivity index (χ3n) is 2.51. The van der Waals surface area contributed by atoms with Gasteiger partial charge in [-0.1, -0.05) is 19.8 Å². The lowest BCUT2D eigenvalue weighted by atomic mass is 9.99. The summed E-state index contributed by atoms with van der Waals surface area (Å²) in [5.74, 6) is -1.50. The summed E-state index contributed by atoms with van der Waals surface area (Å²) in [4.78, 5) is 10.7. The monoisotopic (exact) mass is 225 g/mol. The van der Waals surface area contributed by atoms with Crippen LogP contribution in [0.1, 0.15) is 48.1 Å². The van der Waals surface area contributed by atoms with Gasteiger partial charge in [-0.15, -0.1) is 0 Å². The highest BCUT2D eigenvalue weighted by molar-refractivity contribution is 5.87. The van der Waals surface area contributed by atoms with Crippen LogP contribution in [0.15, 0.2) is 18.2 Å². The molecule has 0 aliphatic carbocycles. The van der Waals surface area contributed by atoms with Gasteiger partial charge in [0, 0.05) is 11.6 Å². The number of hydrogen-bond acceptors (Lipinski definition) is 2. The molecule has 3 nitrogen and oxygen atoms in total. The smallest absolute Gasteiger partial charge is 0.335 e. The lowest BCUT2D eigenvalue weighted by molar-refractivity contribution is 0.0696. The Balaban J connectivity index is 2.92. The van der Waals surface area contributed by atoms with Gasteiger partial charge >= 0.3 is 5.97 Å². The molecule has 0 aromatic heterocycles. The van der Waals surface area contributed by atoms with Crippen LogP contribution < -0.4 is 5.73 Å². The highest BCUT2D eigenvalue weighted by Gasteiger charge is 2.13. The third kappa shape index (κ3) is 3.03. The summed E-state index contributed by atoms with van der Waals surface area (Å²) >= 11 is 0. The van der Waals surface area contributed by atoms with Gasteiger partial charge in [0.15, 0.2) is 0 Å². The Morgan fingerprint density at radius 2 is 2.25 bits per heavy atom. The van der Waals surface area contributed by atoms with Crippen LogP contribution in [-0.4, -0.2) is 11.1 Å². The topological polar surface area (TPSA) is 63.3 Å². The van der Waals surface area contributed by atoms with Crippen LogP contribution in [0.5, 0.6) is 0 Å². The molecule has 0 aliphatic heterocycles. The van der Waals surface area contributed by atoms with Crippen molar-refractivity contribution in [1.82, 2.24) is 0 Å². The van der Waals surface area contributed by atoms with Crippen LogP contribution in [0.4, 0.5) is 4.39 Å². The zero-order valence-electron chi connectivity index (χ0n) is 9.24. The molecule has 0 bridgehead atoms. The minimum Gasteiger partial charge on any atom is -0.478 e. The second-order valence-corrected chi connectivity index (χ2v) is 3.79. The molecule has 4 heteroatoms. The number of aromatic carboxylic acids is 1. The van der Waals surface area contributed by atoms with Gasteiger partial charge in [0.05, 0.1) is 5.56 Å². The molecule has 16 heavy (non-hydrogen) atoms. The van der Waals surface area contributed by atoms with Crippen molar-refractivity contribution in [3.05, 3.63) is 35.1 Å². The van der Waals surface area contributed by atoms with Crippen molar-refractivity contribution in [1.29, 1.82) is 0 Å². The number of carboxylic acids is 1. The van der Waals surface area contributed by atoms with Gasteiger partial charge in [-0.3, -0.25) is 0 Å². The van der Waals surface area contributed by atoms with Crippen LogP contribution in [0, 0.1) is 5.82 Å². The molecule has 1 aromatic carbocycles. The molecule has 0 amide bonds. The minimum absolute atomic E-state index is 0.0725. The Morgan fingerprint density at radius 1 is 1.56 bits per heavy atom. The Hall–Kier alpha value is -1.42. The lowest BCUT2D eigenvalue weighted by Crippen LogP contribution is -2.13. The van der Waals surface area contributed by atoms with Crippen molar-refractivity contribution < 1.29 is 14.3 Å². The van der Waals surface area contributed by atoms with Gasteiger partial charge in [-0.05, 0) is 24.6 Å². The number of hydrogen-bond donors (Lipinski definition) is 2. The second-order valence-electron chi connectivity index (χ2n) is 3.79. The molecule has 1 aromatic rings. The number of rotatable bonds is 5. The van der Waals surface area contributed by atoms with E-state index >= 15 is 0 Å². The fraction of sp³-hybridized carbons (Fsp3) is 0.417. The molecule has 0 fully saturated rings. The zero-order chi connectivity index (χ0) is 12.1. The molecule has 0 saturated heterocycles. The quantitative estimate of drug-likeness (QED) is 0.809. The van der Waals surface area contributed by atoms with Gasteiger partial charge in [0.2, 0.25) is 0 Å². The largest absolute Gasteiger partial charge is 0.478 e. The number of carbonyl (C=O) groups is 1. The number of benzene rings is 1. The molecule has 3 N–H and O–H groups in total. The normalized spacial score (nSPS) is 12.4. The van der Waals surface area contributed by atoms with E-state index in [1.807, 2.05) is 6.92 Å². The van der Waals surface area contributed by atoms with Crippen LogP contribution >= 0.6 is 0 Å². The maximum absolute atomic E-state index is 13.4. The zero-order valence-corrected chi connectivity index (χ0v) is 9.24. The molecule has 0 radical (unpaired) electrons. The van der Waals surface area contributed by atoms with Crippen molar-refractivity contribution >= 4 is 5.97 Å². The molecule has 88 valence electrons. The highest BCUT2D eigenvalue weighted by Crippen LogP contribution is 2.21. The number of nitrogens with two attached hydrogens (primary N) is 1. The van der Waals surface area contributed by atoms with Gasteiger partial charge in [-0.25, -0.2) is 9.18 Å². The summed E-state index contributed by atoms with van der Waals surface area (Å²) in [5, 5.41) is 8.79. The van der Waals surface area contributed by atoms with E-state index in [4.69, 9.17) is 10.8 Å². The standard InChI is InChI=1S/C12H16FNO2/c1-2-3-4-11(14)9-7-8(12(15)16)5-6-10(9)13/h5-7,11H,2-4,14H2,1H3,(H,15,16)/t11-/m0/s1. The van der Waals surface area contributed by atoms with E-state index in [2.05, 4.69) is 0 Å². The maximum Gasteiger partial charge on any atom is 0.335 e. The average Bonchev–Trinajstić information content (AvgIpc) is 2.26. The van der Waals surface area contributed by atoms with Crippen molar-refractivity contribution in [2.45, 2.75) is 32.2 Å². The first-order valence-electron chi connectivity index (χ1n) is 5.34. The SMILES string of the molecule is CCCC[C@H](N)c1cc(C(=O)O)ccc1F. The van der Waals surface area contributed by atoms with Gasteiger partial charge in [0.25, 0.3) is 0 Å². The Morgan fingerprint density at radius 3 is 2.81 bits per heavy atom. The van der Waals surface area contributed by atoms with Crippen LogP contribution in [0.25, 0.3) is 0 Å². The predicted octanol–water partition coefficient (Wildman–Crippen LogP) is 2.71. The Bertz CT molecular complexity index is 379. The fourth-order valence-corrected chi connectivity index (χ4v) is 1.54. The summed E-state index contributed by atoms with van der Waals surface area (Å²) < 4.78 is 13.4. The number of halogens is 1. The molecule has 1 atom stereocenters. The predicted molar refractivity (Wildman–Crippen MR) is 59.8 cm³/mol. The molecule has 0 unspecified atom stereocenters. The first-order chi connectivity index (χ1) is 7.56. The van der Waals surface area contributed by atoms with Crippen LogP contribution in [0.3, 0.4) is 0 Å². The number of unbranched alkanes of at least 4 members (excludes halogenated alkanes) is 1. The molecule has 1 rings (SSSR count). The van der Waals surface area contributed by atoms with Crippen molar-refractivity contribution in [2.24, 2.45) is 5.73 Å². The number of carboxylic acid groups (broad SMARTS) is 1. The lowest BCUT2D eigenvalue weighted by Gasteiger charge is -2.12. The second kappa shape index (κ2) is 5.61. The fourth-order valence-electron chi connectivity index (χ4n) is 1.54. The third-order valence-corrected chi connectivity index (χ3v) is 2.51. The van der Waals surface area contributed by atoms with E-state index < -0.39 is 17.8 Å². The molecule has 0 saturated carbocycles. The van der Waals surface area contributed by atoms with E-state index in [0.29, 0.717) is 6.42 Å². The minimum atomic E-state index is -1.07. The molecular weight excluding hydrogens is 209 g/mol. The van der Waals surface area contributed by atoms with Crippen molar-refractivity contribution in [3.63, 3.8) is 0 Å². The van der Waals surface area contributed by atoms with E-state index in [-0.39, 0.29) is 11.1 Å². The average molecular weight is 225 g/mol. The molecular formula is C12H16FNO2. The molecule has 0 aliphatic rings. The first kappa shape index (κ1) is 12.6. The Labute approximate surface area is 94.1 Å². The van der Waals surface area contributed by atoms with E-state index in [9.17, 15) is 9.18 Å². The summed E-state index contributed by atoms with van der Waals surface area (Å²) in [6.07, 6.45) is 2.54. The van der Waals surface area contributed by atoms with E-state index in [1.54, 1.807) is 0 Å². The van der Waals surface area contributed by atoms with E-state index in [1.165, 1.54) is 12.1 Å². The molecule has 0 spiro atoms. The Kier molecular flexibility index (Phi) is 4.43. The van der Waals surface area contributed by atoms with Crippen LogP contribution in [-0.2, 0) is 0 Å². The van der Waals surface area contributed by atoms with Crippen molar-refractivity contribution in [2.75, 3.05) is 0 Å². The van der Waals surface area contributed by atoms with Gasteiger partial charge in [-0.2, -0.15) is 0 Å². The maximum atomic E-state index is 13.4. The van der Waals surface area contributed by atoms with Gasteiger partial charge < -0.3 is 10.8 Å².